The largest absolute Gasteiger partial charge is 0.435 e. The first-order chi connectivity index (χ1) is 13.8. The summed E-state index contributed by atoms with van der Waals surface area (Å²) in [6.45, 7) is 5.22. The van der Waals surface area contributed by atoms with Crippen LogP contribution in [0.25, 0.3) is 0 Å². The molecule has 3 rings (SSSR count). The Bertz CT molecular complexity index is 883. The molecule has 1 saturated carbocycles. The number of rotatable bonds is 7. The second-order valence-electron chi connectivity index (χ2n) is 8.14. The van der Waals surface area contributed by atoms with Gasteiger partial charge in [0.1, 0.15) is 0 Å². The molecule has 2 heterocycles. The van der Waals surface area contributed by atoms with Gasteiger partial charge in [-0.25, -0.2) is 0 Å². The summed E-state index contributed by atoms with van der Waals surface area (Å²) < 4.78 is 80.8. The lowest BCUT2D eigenvalue weighted by Gasteiger charge is -2.14. The predicted molar refractivity (Wildman–Crippen MR) is 95.6 cm³/mol. The van der Waals surface area contributed by atoms with Crippen molar-refractivity contribution >= 4 is 0 Å². The molecule has 2 aromatic heterocycles. The van der Waals surface area contributed by atoms with Crippen LogP contribution in [0.4, 0.5) is 26.3 Å². The Morgan fingerprint density at radius 1 is 0.967 bits per heavy atom. The molecule has 1 aliphatic carbocycles. The third kappa shape index (κ3) is 4.65. The van der Waals surface area contributed by atoms with Crippen molar-refractivity contribution in [1.82, 2.24) is 19.6 Å². The van der Waals surface area contributed by atoms with Crippen molar-refractivity contribution in [1.29, 1.82) is 0 Å². The fraction of sp³-hybridized carbons (Fsp3) is 0.684. The van der Waals surface area contributed by atoms with E-state index in [0.29, 0.717) is 17.8 Å². The quantitative estimate of drug-likeness (QED) is 0.639. The first-order valence-corrected chi connectivity index (χ1v) is 9.73. The molecule has 2 aromatic rings. The van der Waals surface area contributed by atoms with E-state index < -0.39 is 23.7 Å². The molecule has 0 amide bonds. The van der Waals surface area contributed by atoms with Gasteiger partial charge < -0.3 is 5.11 Å². The Kier molecular flexibility index (Phi) is 5.96. The van der Waals surface area contributed by atoms with Crippen molar-refractivity contribution in [2.75, 3.05) is 6.61 Å². The van der Waals surface area contributed by atoms with Gasteiger partial charge in [0.15, 0.2) is 11.4 Å². The van der Waals surface area contributed by atoms with Crippen LogP contribution in [0, 0.1) is 11.8 Å². The highest BCUT2D eigenvalue weighted by atomic mass is 19.4. The van der Waals surface area contributed by atoms with E-state index in [1.54, 1.807) is 20.8 Å². The highest BCUT2D eigenvalue weighted by Gasteiger charge is 2.45. The molecule has 5 nitrogen and oxygen atoms in total. The van der Waals surface area contributed by atoms with Gasteiger partial charge in [-0.15, -0.1) is 0 Å². The number of aliphatic hydroxyl groups is 1. The zero-order chi connectivity index (χ0) is 22.4. The van der Waals surface area contributed by atoms with Gasteiger partial charge in [0.25, 0.3) is 0 Å². The summed E-state index contributed by atoms with van der Waals surface area (Å²) in [5, 5.41) is 16.4. The van der Waals surface area contributed by atoms with E-state index in [2.05, 4.69) is 10.2 Å². The van der Waals surface area contributed by atoms with Crippen LogP contribution in [-0.4, -0.2) is 31.3 Å². The Labute approximate surface area is 169 Å². The smallest absolute Gasteiger partial charge is 0.394 e. The monoisotopic (exact) mass is 438 g/mol. The Morgan fingerprint density at radius 2 is 1.50 bits per heavy atom. The standard InChI is InChI=1S/C19H24F6N4O/c1-10(2)14-7-16(18(20,21)22)27-29(14)9-12-6-13(12)11(3)15-8-17(19(23,24)25)26-28(15)4-5-30/h7-8,10-13,30H,4-6,9H2,1-3H3/t11-,12?,13+/m1/s1. The second kappa shape index (κ2) is 7.90. The molecule has 30 heavy (non-hydrogen) atoms. The van der Waals surface area contributed by atoms with Crippen molar-refractivity contribution in [2.24, 2.45) is 11.8 Å². The van der Waals surface area contributed by atoms with Crippen LogP contribution in [0.15, 0.2) is 12.1 Å². The topological polar surface area (TPSA) is 55.9 Å². The highest BCUT2D eigenvalue weighted by Crippen LogP contribution is 2.50. The minimum Gasteiger partial charge on any atom is -0.394 e. The van der Waals surface area contributed by atoms with Gasteiger partial charge in [0, 0.05) is 23.9 Å². The lowest BCUT2D eigenvalue weighted by atomic mass is 9.99. The number of hydrogen-bond acceptors (Lipinski definition) is 3. The predicted octanol–water partition coefficient (Wildman–Crippen LogP) is 4.67. The summed E-state index contributed by atoms with van der Waals surface area (Å²) in [6.07, 6.45) is -8.45. The third-order valence-electron chi connectivity index (χ3n) is 5.60. The summed E-state index contributed by atoms with van der Waals surface area (Å²) in [7, 11) is 0. The molecule has 0 aromatic carbocycles. The summed E-state index contributed by atoms with van der Waals surface area (Å²) in [6, 6.07) is 2.04. The minimum atomic E-state index is -4.59. The van der Waals surface area contributed by atoms with Gasteiger partial charge in [-0.1, -0.05) is 20.8 Å². The molecule has 1 aliphatic rings. The van der Waals surface area contributed by atoms with E-state index in [1.165, 1.54) is 4.68 Å². The van der Waals surface area contributed by atoms with Gasteiger partial charge in [-0.2, -0.15) is 36.5 Å². The normalized spacial score (nSPS) is 20.8. The molecular weight excluding hydrogens is 414 g/mol. The van der Waals surface area contributed by atoms with E-state index in [1.807, 2.05) is 0 Å². The maximum Gasteiger partial charge on any atom is 0.435 e. The van der Waals surface area contributed by atoms with Crippen LogP contribution in [0.3, 0.4) is 0 Å². The molecule has 0 saturated heterocycles. The fourth-order valence-electron chi connectivity index (χ4n) is 3.93. The molecule has 0 radical (unpaired) electrons. The van der Waals surface area contributed by atoms with Crippen LogP contribution in [0.2, 0.25) is 0 Å². The van der Waals surface area contributed by atoms with Crippen LogP contribution in [0.1, 0.15) is 61.8 Å². The van der Waals surface area contributed by atoms with E-state index in [9.17, 15) is 26.3 Å². The summed E-state index contributed by atoms with van der Waals surface area (Å²) in [5.41, 5.74) is -1.11. The van der Waals surface area contributed by atoms with E-state index in [0.717, 1.165) is 16.8 Å². The van der Waals surface area contributed by atoms with Crippen LogP contribution in [-0.2, 0) is 25.4 Å². The number of aromatic nitrogens is 4. The maximum absolute atomic E-state index is 13.0. The number of aliphatic hydroxyl groups excluding tert-OH is 1. The molecule has 0 bridgehead atoms. The zero-order valence-corrected chi connectivity index (χ0v) is 16.8. The lowest BCUT2D eigenvalue weighted by molar-refractivity contribution is -0.142. The Balaban J connectivity index is 1.78. The molecule has 168 valence electrons. The SMILES string of the molecule is CC(C)c1cc(C(F)(F)F)nn1CC1C[C@H]1[C@@H](C)c1cc(C(F)(F)F)nn1CCO. The van der Waals surface area contributed by atoms with Gasteiger partial charge in [0.2, 0.25) is 0 Å². The van der Waals surface area contributed by atoms with Crippen LogP contribution < -0.4 is 0 Å². The first kappa shape index (κ1) is 22.6. The highest BCUT2D eigenvalue weighted by molar-refractivity contribution is 5.21. The van der Waals surface area contributed by atoms with Gasteiger partial charge in [0.05, 0.1) is 13.2 Å². The van der Waals surface area contributed by atoms with Crippen molar-refractivity contribution < 1.29 is 31.4 Å². The van der Waals surface area contributed by atoms with Crippen molar-refractivity contribution in [2.45, 2.75) is 64.5 Å². The number of hydrogen-bond donors (Lipinski definition) is 1. The average molecular weight is 438 g/mol. The van der Waals surface area contributed by atoms with Gasteiger partial charge in [-0.05, 0) is 36.3 Å². The lowest BCUT2D eigenvalue weighted by Crippen LogP contribution is -2.14. The van der Waals surface area contributed by atoms with Crippen molar-refractivity contribution in [3.8, 4) is 0 Å². The van der Waals surface area contributed by atoms with Crippen LogP contribution >= 0.6 is 0 Å². The number of nitrogens with zero attached hydrogens (tertiary/aromatic N) is 4. The third-order valence-corrected chi connectivity index (χ3v) is 5.60. The van der Waals surface area contributed by atoms with E-state index in [-0.39, 0.29) is 43.4 Å². The zero-order valence-electron chi connectivity index (χ0n) is 16.8. The van der Waals surface area contributed by atoms with Gasteiger partial charge in [-0.3, -0.25) is 9.36 Å². The van der Waals surface area contributed by atoms with Crippen LogP contribution in [0.5, 0.6) is 0 Å². The maximum atomic E-state index is 13.0. The number of halogens is 6. The molecule has 3 atom stereocenters. The molecule has 0 spiro atoms. The Hall–Kier alpha value is -2.04. The summed E-state index contributed by atoms with van der Waals surface area (Å²) in [5.74, 6) is -0.432. The molecular formula is C19H24F6N4O. The first-order valence-electron chi connectivity index (χ1n) is 9.73. The molecule has 0 aliphatic heterocycles. The molecule has 1 unspecified atom stereocenters. The fourth-order valence-corrected chi connectivity index (χ4v) is 3.93. The molecule has 1 N–H and O–H groups in total. The summed E-state index contributed by atoms with van der Waals surface area (Å²) >= 11 is 0. The second-order valence-corrected chi connectivity index (χ2v) is 8.14. The molecule has 1 fully saturated rings. The van der Waals surface area contributed by atoms with E-state index in [4.69, 9.17) is 5.11 Å². The van der Waals surface area contributed by atoms with Gasteiger partial charge >= 0.3 is 12.4 Å². The minimum absolute atomic E-state index is 0.00113. The van der Waals surface area contributed by atoms with E-state index >= 15 is 0 Å². The van der Waals surface area contributed by atoms with Crippen molar-refractivity contribution in [3.63, 3.8) is 0 Å². The number of alkyl halides is 6. The van der Waals surface area contributed by atoms with Crippen molar-refractivity contribution in [3.05, 3.63) is 34.9 Å². The molecule has 11 heteroatoms. The summed E-state index contributed by atoms with van der Waals surface area (Å²) in [4.78, 5) is 0. The Morgan fingerprint density at radius 3 is 2.00 bits per heavy atom. The average Bonchev–Trinajstić information content (AvgIpc) is 3.01.